The van der Waals surface area contributed by atoms with E-state index in [1.54, 1.807) is 5.57 Å². The van der Waals surface area contributed by atoms with Gasteiger partial charge in [-0.3, -0.25) is 0 Å². The molecule has 50 valence electrons. The van der Waals surface area contributed by atoms with Crippen molar-refractivity contribution < 1.29 is 0 Å². The minimum absolute atomic E-state index is 0.999. The number of rotatable bonds is 2. The average Bonchev–Trinajstić information content (AvgIpc) is 1.82. The van der Waals surface area contributed by atoms with Crippen molar-refractivity contribution in [2.45, 2.75) is 32.6 Å². The molecule has 1 saturated carbocycles. The van der Waals surface area contributed by atoms with Gasteiger partial charge in [-0.25, -0.2) is 0 Å². The Morgan fingerprint density at radius 1 is 1.67 bits per heavy atom. The fourth-order valence-corrected chi connectivity index (χ4v) is 2.06. The minimum atomic E-state index is 0.999. The number of hydrogen-bond donors (Lipinski definition) is 0. The van der Waals surface area contributed by atoms with Gasteiger partial charge < -0.3 is 0 Å². The summed E-state index contributed by atoms with van der Waals surface area (Å²) in [5.74, 6) is 2.06. The summed E-state index contributed by atoms with van der Waals surface area (Å²) in [6.07, 6.45) is 8.22. The van der Waals surface area contributed by atoms with E-state index in [4.69, 9.17) is 0 Å². The highest BCUT2D eigenvalue weighted by Crippen LogP contribution is 2.50. The van der Waals surface area contributed by atoms with Crippen LogP contribution in [0.3, 0.4) is 0 Å². The van der Waals surface area contributed by atoms with Gasteiger partial charge in [0.2, 0.25) is 0 Å². The second-order valence-electron chi connectivity index (χ2n) is 3.34. The fourth-order valence-electron chi connectivity index (χ4n) is 2.06. The molecule has 0 aromatic carbocycles. The lowest BCUT2D eigenvalue weighted by Crippen LogP contribution is -2.32. The third kappa shape index (κ3) is 0.654. The Morgan fingerprint density at radius 2 is 2.56 bits per heavy atom. The van der Waals surface area contributed by atoms with E-state index in [2.05, 4.69) is 13.0 Å². The van der Waals surface area contributed by atoms with Crippen molar-refractivity contribution in [1.82, 2.24) is 0 Å². The van der Waals surface area contributed by atoms with Crippen LogP contribution in [0.1, 0.15) is 32.6 Å². The molecule has 0 N–H and O–H groups in total. The maximum Gasteiger partial charge on any atom is -0.0137 e. The Balaban J connectivity index is 1.91. The highest BCUT2D eigenvalue weighted by Gasteiger charge is 2.37. The van der Waals surface area contributed by atoms with Gasteiger partial charge >= 0.3 is 0 Å². The smallest absolute Gasteiger partial charge is 0.0137 e. The minimum Gasteiger partial charge on any atom is -0.0813 e. The molecule has 2 atom stereocenters. The van der Waals surface area contributed by atoms with Gasteiger partial charge in [0.1, 0.15) is 0 Å². The molecular formula is C9H14. The van der Waals surface area contributed by atoms with Crippen LogP contribution < -0.4 is 0 Å². The van der Waals surface area contributed by atoms with E-state index >= 15 is 0 Å². The monoisotopic (exact) mass is 122 g/mol. The summed E-state index contributed by atoms with van der Waals surface area (Å²) in [4.78, 5) is 0. The van der Waals surface area contributed by atoms with E-state index in [0.29, 0.717) is 0 Å². The van der Waals surface area contributed by atoms with E-state index in [9.17, 15) is 0 Å². The van der Waals surface area contributed by atoms with Gasteiger partial charge in [0.05, 0.1) is 0 Å². The highest BCUT2D eigenvalue weighted by molar-refractivity contribution is 5.28. The molecule has 0 nitrogen and oxygen atoms in total. The largest absolute Gasteiger partial charge is 0.0813 e. The van der Waals surface area contributed by atoms with Crippen LogP contribution in [0, 0.1) is 11.8 Å². The first kappa shape index (κ1) is 5.52. The van der Waals surface area contributed by atoms with Gasteiger partial charge in [-0.05, 0) is 31.1 Å². The van der Waals surface area contributed by atoms with Crippen LogP contribution in [-0.2, 0) is 0 Å². The Bertz CT molecular complexity index is 144. The van der Waals surface area contributed by atoms with Crippen LogP contribution in [0.5, 0.6) is 0 Å². The van der Waals surface area contributed by atoms with Crippen LogP contribution in [0.2, 0.25) is 0 Å². The van der Waals surface area contributed by atoms with Crippen molar-refractivity contribution in [3.05, 3.63) is 11.6 Å². The summed E-state index contributed by atoms with van der Waals surface area (Å²) in [7, 11) is 0. The summed E-state index contributed by atoms with van der Waals surface area (Å²) >= 11 is 0. The van der Waals surface area contributed by atoms with Crippen LogP contribution in [0.25, 0.3) is 0 Å². The van der Waals surface area contributed by atoms with Gasteiger partial charge in [-0.1, -0.05) is 25.0 Å². The summed E-state index contributed by atoms with van der Waals surface area (Å²) in [5.41, 5.74) is 1.77. The van der Waals surface area contributed by atoms with Gasteiger partial charge in [0.15, 0.2) is 0 Å². The van der Waals surface area contributed by atoms with Gasteiger partial charge in [0.25, 0.3) is 0 Å². The first-order valence-corrected chi connectivity index (χ1v) is 4.12. The number of allylic oxidation sites excluding steroid dienone is 2. The summed E-state index contributed by atoms with van der Waals surface area (Å²) in [6.45, 7) is 2.28. The molecule has 2 aliphatic rings. The van der Waals surface area contributed by atoms with Crippen LogP contribution >= 0.6 is 0 Å². The van der Waals surface area contributed by atoms with Crippen LogP contribution in [0.4, 0.5) is 0 Å². The molecule has 2 rings (SSSR count). The van der Waals surface area contributed by atoms with E-state index in [-0.39, 0.29) is 0 Å². The van der Waals surface area contributed by atoms with Crippen LogP contribution in [0.15, 0.2) is 11.6 Å². The zero-order valence-corrected chi connectivity index (χ0v) is 6.06. The SMILES string of the molecule is CCCC1C=C2CCC21. The molecule has 2 unspecified atom stereocenters. The van der Waals surface area contributed by atoms with Crippen molar-refractivity contribution in [3.8, 4) is 0 Å². The first-order valence-electron chi connectivity index (χ1n) is 4.12. The fraction of sp³-hybridized carbons (Fsp3) is 0.778. The van der Waals surface area contributed by atoms with Gasteiger partial charge in [0, 0.05) is 0 Å². The van der Waals surface area contributed by atoms with Crippen molar-refractivity contribution in [2.24, 2.45) is 11.8 Å². The van der Waals surface area contributed by atoms with Crippen LogP contribution in [-0.4, -0.2) is 0 Å². The molecule has 0 aliphatic heterocycles. The van der Waals surface area contributed by atoms with Gasteiger partial charge in [-0.15, -0.1) is 0 Å². The predicted octanol–water partition coefficient (Wildman–Crippen LogP) is 2.75. The van der Waals surface area contributed by atoms with Crippen molar-refractivity contribution in [2.75, 3.05) is 0 Å². The predicted molar refractivity (Wildman–Crippen MR) is 39.2 cm³/mol. The summed E-state index contributed by atoms with van der Waals surface area (Å²) in [5, 5.41) is 0. The molecule has 9 heavy (non-hydrogen) atoms. The molecular weight excluding hydrogens is 108 g/mol. The maximum absolute atomic E-state index is 2.50. The Kier molecular flexibility index (Phi) is 1.14. The molecule has 0 heterocycles. The summed E-state index contributed by atoms with van der Waals surface area (Å²) in [6, 6.07) is 0. The third-order valence-corrected chi connectivity index (χ3v) is 2.79. The lowest BCUT2D eigenvalue weighted by Gasteiger charge is -2.44. The van der Waals surface area contributed by atoms with E-state index in [0.717, 1.165) is 11.8 Å². The molecule has 0 spiro atoms. The average molecular weight is 122 g/mol. The molecule has 2 aliphatic carbocycles. The zero-order valence-electron chi connectivity index (χ0n) is 6.06. The molecule has 0 bridgehead atoms. The second kappa shape index (κ2) is 1.86. The lowest BCUT2D eigenvalue weighted by molar-refractivity contribution is 0.269. The molecule has 0 heteroatoms. The molecule has 0 radical (unpaired) electrons. The molecule has 0 aromatic rings. The molecule has 0 aromatic heterocycles. The van der Waals surface area contributed by atoms with Crippen molar-refractivity contribution >= 4 is 0 Å². The standard InChI is InChI=1S/C9H14/c1-2-3-7-6-8-4-5-9(7)8/h6-7,9H,2-5H2,1H3. The third-order valence-electron chi connectivity index (χ3n) is 2.79. The lowest BCUT2D eigenvalue weighted by atomic mass is 9.61. The Labute approximate surface area is 57.0 Å². The normalized spacial score (nSPS) is 38.1. The zero-order chi connectivity index (χ0) is 6.27. The number of hydrogen-bond acceptors (Lipinski definition) is 0. The molecule has 0 amide bonds. The number of fused-ring (bicyclic) bond motifs is 1. The van der Waals surface area contributed by atoms with Crippen molar-refractivity contribution in [3.63, 3.8) is 0 Å². The quantitative estimate of drug-likeness (QED) is 0.494. The highest BCUT2D eigenvalue weighted by atomic mass is 14.4. The van der Waals surface area contributed by atoms with Gasteiger partial charge in [-0.2, -0.15) is 0 Å². The van der Waals surface area contributed by atoms with E-state index < -0.39 is 0 Å². The van der Waals surface area contributed by atoms with E-state index in [1.807, 2.05) is 0 Å². The maximum atomic E-state index is 2.50. The second-order valence-corrected chi connectivity index (χ2v) is 3.34. The molecule has 1 fully saturated rings. The Morgan fingerprint density at radius 3 is 2.89 bits per heavy atom. The Hall–Kier alpha value is -0.260. The van der Waals surface area contributed by atoms with E-state index in [1.165, 1.54) is 25.7 Å². The topological polar surface area (TPSA) is 0 Å². The van der Waals surface area contributed by atoms with Crippen molar-refractivity contribution in [1.29, 1.82) is 0 Å². The first-order chi connectivity index (χ1) is 4.42. The molecule has 0 saturated heterocycles. The summed E-state index contributed by atoms with van der Waals surface area (Å²) < 4.78 is 0.